The fraction of sp³-hybridized carbons (Fsp3) is 0.786. The van der Waals surface area contributed by atoms with E-state index >= 15 is 0 Å². The molecule has 2 heterocycles. The molecule has 2 saturated heterocycles. The lowest BCUT2D eigenvalue weighted by Crippen LogP contribution is -2.37. The fourth-order valence-electron chi connectivity index (χ4n) is 5.01. The van der Waals surface area contributed by atoms with Gasteiger partial charge >= 0.3 is 0 Å². The van der Waals surface area contributed by atoms with Gasteiger partial charge in [-0.05, 0) is 89.2 Å². The second-order valence-corrected chi connectivity index (χ2v) is 11.1. The van der Waals surface area contributed by atoms with Gasteiger partial charge < -0.3 is 53.8 Å². The van der Waals surface area contributed by atoms with Gasteiger partial charge in [-0.3, -0.25) is 9.80 Å². The molecule has 49 heavy (non-hydrogen) atoms. The molecule has 1 aromatic rings. The summed E-state index contributed by atoms with van der Waals surface area (Å²) in [5.74, 6) is 0. The van der Waals surface area contributed by atoms with Crippen LogP contribution in [0.5, 0.6) is 0 Å². The molecule has 3 rings (SSSR count). The van der Waals surface area contributed by atoms with Crippen molar-refractivity contribution in [1.82, 2.24) is 41.7 Å². The molecule has 2 fully saturated rings. The highest BCUT2D eigenvalue weighted by molar-refractivity contribution is 9.10. The van der Waals surface area contributed by atoms with E-state index in [4.69, 9.17) is 0 Å². The molecule has 1 aromatic carbocycles. The molecule has 0 aliphatic carbocycles. The van der Waals surface area contributed by atoms with Crippen LogP contribution >= 0.6 is 152 Å². The van der Waals surface area contributed by atoms with Gasteiger partial charge in [0.1, 0.15) is 0 Å². The predicted molar refractivity (Wildman–Crippen MR) is 257 cm³/mol. The lowest BCUT2D eigenvalue weighted by molar-refractivity contribution is 0.255. The molecule has 14 N–H and O–H groups in total. The van der Waals surface area contributed by atoms with Crippen molar-refractivity contribution in [2.45, 2.75) is 38.8 Å². The Labute approximate surface area is 388 Å². The number of rotatable bonds is 4. The van der Waals surface area contributed by atoms with E-state index in [2.05, 4.69) is 75.8 Å². The maximum Gasteiger partial charge on any atom is 0.0265 e. The van der Waals surface area contributed by atoms with E-state index < -0.39 is 0 Å². The minimum atomic E-state index is 0. The lowest BCUT2D eigenvalue weighted by atomic mass is 10.1. The Morgan fingerprint density at radius 3 is 1.02 bits per heavy atom. The van der Waals surface area contributed by atoms with Gasteiger partial charge in [0.15, 0.2) is 0 Å². The third-order valence-corrected chi connectivity index (χ3v) is 8.20. The standard InChI is InChI=1S/C28H53BrN8.8BrH.4H2O/c29-28-26(24-36-20-4-12-32-16-14-30-8-2-10-34-18-22-36)6-1-7-27(28)25-37-21-5-13-33-17-15-31-9-3-11-35-19-23-37;;;;;;;;;;;;/h1,6-7,30-35H,2-5,8-25H2;8*1H;4*1H2. The average molecular weight is 1300 g/mol. The normalized spacial score (nSPS) is 17.1. The number of halogens is 9. The largest absolute Gasteiger partial charge is 0.412 e. The average Bonchev–Trinajstić information content (AvgIpc) is 2.90. The molecule has 0 radical (unpaired) electrons. The van der Waals surface area contributed by atoms with Crippen molar-refractivity contribution in [3.8, 4) is 0 Å². The summed E-state index contributed by atoms with van der Waals surface area (Å²) in [5.41, 5.74) is 2.82. The summed E-state index contributed by atoms with van der Waals surface area (Å²) in [6, 6.07) is 6.86. The lowest BCUT2D eigenvalue weighted by Gasteiger charge is -2.26. The molecule has 2 aliphatic rings. The summed E-state index contributed by atoms with van der Waals surface area (Å²) in [6.45, 7) is 19.3. The Hall–Kier alpha value is 3.06. The topological polar surface area (TPSA) is 205 Å². The van der Waals surface area contributed by atoms with Gasteiger partial charge in [-0.15, -0.1) is 136 Å². The highest BCUT2D eigenvalue weighted by Gasteiger charge is 2.14. The molecule has 21 heteroatoms. The molecule has 12 nitrogen and oxygen atoms in total. The Balaban J connectivity index is -0.000000158. The Morgan fingerprint density at radius 2 is 0.694 bits per heavy atom. The van der Waals surface area contributed by atoms with Crippen LogP contribution in [0.4, 0.5) is 0 Å². The summed E-state index contributed by atoms with van der Waals surface area (Å²) < 4.78 is 1.29. The van der Waals surface area contributed by atoms with Crippen LogP contribution in [0.1, 0.15) is 36.8 Å². The van der Waals surface area contributed by atoms with Gasteiger partial charge in [-0.25, -0.2) is 0 Å². The van der Waals surface area contributed by atoms with Crippen LogP contribution in [0.2, 0.25) is 0 Å². The van der Waals surface area contributed by atoms with E-state index in [1.165, 1.54) is 41.3 Å². The first kappa shape index (κ1) is 76.7. The van der Waals surface area contributed by atoms with Crippen LogP contribution in [0.15, 0.2) is 22.7 Å². The van der Waals surface area contributed by atoms with Crippen LogP contribution in [0.3, 0.4) is 0 Å². The van der Waals surface area contributed by atoms with Crippen molar-refractivity contribution in [2.75, 3.05) is 105 Å². The molecular weight excluding hydrogens is 1230 g/mol. The second kappa shape index (κ2) is 53.2. The number of hydrogen-bond donors (Lipinski definition) is 6. The number of nitrogens with zero attached hydrogens (tertiary/aromatic N) is 2. The van der Waals surface area contributed by atoms with Gasteiger partial charge in [0.25, 0.3) is 0 Å². The summed E-state index contributed by atoms with van der Waals surface area (Å²) in [5, 5.41) is 21.5. The summed E-state index contributed by atoms with van der Waals surface area (Å²) in [4.78, 5) is 5.24. The van der Waals surface area contributed by atoms with E-state index in [1.807, 2.05) is 0 Å². The molecule has 0 atom stereocenters. The number of benzene rings is 1. The van der Waals surface area contributed by atoms with Crippen LogP contribution in [-0.2, 0) is 13.1 Å². The number of hydrogen-bond acceptors (Lipinski definition) is 8. The molecule has 0 bridgehead atoms. The third-order valence-electron chi connectivity index (χ3n) is 7.18. The third kappa shape index (κ3) is 37.7. The van der Waals surface area contributed by atoms with E-state index in [0.717, 1.165) is 118 Å². The highest BCUT2D eigenvalue weighted by atomic mass is 79.9. The van der Waals surface area contributed by atoms with Crippen molar-refractivity contribution in [3.05, 3.63) is 33.8 Å². The highest BCUT2D eigenvalue weighted by Crippen LogP contribution is 2.25. The first-order valence-electron chi connectivity index (χ1n) is 14.8. The Kier molecular flexibility index (Phi) is 83.2. The molecular formula is C28H69Br9N8O4. The monoisotopic (exact) mass is 1290 g/mol. The zero-order valence-electron chi connectivity index (χ0n) is 28.3. The van der Waals surface area contributed by atoms with Crippen LogP contribution < -0.4 is 31.9 Å². The SMILES string of the molecule is Br.Br.Br.Br.Br.Br.Br.Br.Brc1c(CN2CCCNCCNCCCNCC2)cccc1CN1CCCNCCNCCCNCC1.O.O.O.O. The van der Waals surface area contributed by atoms with Crippen molar-refractivity contribution in [2.24, 2.45) is 0 Å². The smallest absolute Gasteiger partial charge is 0.0265 e. The molecule has 0 aromatic heterocycles. The predicted octanol–water partition coefficient (Wildman–Crippen LogP) is 2.50. The molecule has 2 aliphatic heterocycles. The van der Waals surface area contributed by atoms with Gasteiger partial charge in [-0.2, -0.15) is 0 Å². The second-order valence-electron chi connectivity index (χ2n) is 10.4. The van der Waals surface area contributed by atoms with E-state index in [9.17, 15) is 0 Å². The number of nitrogens with one attached hydrogen (secondary N) is 6. The minimum Gasteiger partial charge on any atom is -0.412 e. The van der Waals surface area contributed by atoms with E-state index in [1.54, 1.807) is 0 Å². The fourth-order valence-corrected chi connectivity index (χ4v) is 5.52. The van der Waals surface area contributed by atoms with Crippen molar-refractivity contribution < 1.29 is 21.9 Å². The van der Waals surface area contributed by atoms with E-state index in [0.29, 0.717) is 0 Å². The maximum absolute atomic E-state index is 4.02. The molecule has 0 spiro atoms. The first-order chi connectivity index (χ1) is 18.3. The van der Waals surface area contributed by atoms with Crippen LogP contribution in [0.25, 0.3) is 0 Å². The summed E-state index contributed by atoms with van der Waals surface area (Å²) >= 11 is 4.02. The summed E-state index contributed by atoms with van der Waals surface area (Å²) in [7, 11) is 0. The van der Waals surface area contributed by atoms with Gasteiger partial charge in [0.05, 0.1) is 0 Å². The van der Waals surface area contributed by atoms with Gasteiger partial charge in [0.2, 0.25) is 0 Å². The first-order valence-corrected chi connectivity index (χ1v) is 15.6. The van der Waals surface area contributed by atoms with Gasteiger partial charge in [0, 0.05) is 69.9 Å². The molecule has 0 unspecified atom stereocenters. The van der Waals surface area contributed by atoms with Crippen LogP contribution in [0, 0.1) is 0 Å². The van der Waals surface area contributed by atoms with Crippen molar-refractivity contribution >= 4 is 152 Å². The van der Waals surface area contributed by atoms with Gasteiger partial charge in [-0.1, -0.05) is 34.1 Å². The van der Waals surface area contributed by atoms with Crippen molar-refractivity contribution in [3.63, 3.8) is 0 Å². The maximum atomic E-state index is 4.02. The van der Waals surface area contributed by atoms with E-state index in [-0.39, 0.29) is 158 Å². The summed E-state index contributed by atoms with van der Waals surface area (Å²) in [6.07, 6.45) is 4.74. The molecule has 0 amide bonds. The quantitative estimate of drug-likeness (QED) is 0.264. The zero-order chi connectivity index (χ0) is 25.8. The zero-order valence-corrected chi connectivity index (χ0v) is 43.6. The molecule has 0 saturated carbocycles. The molecule has 308 valence electrons. The van der Waals surface area contributed by atoms with Crippen molar-refractivity contribution in [1.29, 1.82) is 0 Å². The Bertz CT molecular complexity index is 670. The van der Waals surface area contributed by atoms with Crippen LogP contribution in [-0.4, -0.2) is 136 Å². The Morgan fingerprint density at radius 1 is 0.408 bits per heavy atom. The minimum absolute atomic E-state index is 0.